The number of nitrogens with one attached hydrogen (secondary N) is 2. The summed E-state index contributed by atoms with van der Waals surface area (Å²) in [5.74, 6) is 0.765. The van der Waals surface area contributed by atoms with Crippen molar-refractivity contribution in [1.29, 1.82) is 0 Å². The third kappa shape index (κ3) is 9.25. The van der Waals surface area contributed by atoms with Crippen LogP contribution in [0.4, 0.5) is 4.79 Å². The van der Waals surface area contributed by atoms with Crippen LogP contribution >= 0.6 is 24.0 Å². The van der Waals surface area contributed by atoms with Gasteiger partial charge < -0.3 is 25.0 Å². The Morgan fingerprint density at radius 2 is 1.92 bits per heavy atom. The van der Waals surface area contributed by atoms with E-state index < -0.39 is 5.60 Å². The van der Waals surface area contributed by atoms with Gasteiger partial charge in [0.2, 0.25) is 0 Å². The Labute approximate surface area is 175 Å². The van der Waals surface area contributed by atoms with Gasteiger partial charge in [0.25, 0.3) is 0 Å². The number of methoxy groups -OCH3 is 1. The number of nitrogens with zero attached hydrogens (tertiary/aromatic N) is 2. The van der Waals surface area contributed by atoms with Crippen molar-refractivity contribution < 1.29 is 14.3 Å². The van der Waals surface area contributed by atoms with Crippen LogP contribution in [0.15, 0.2) is 4.99 Å². The lowest BCUT2D eigenvalue weighted by atomic mass is 9.67. The highest BCUT2D eigenvalue weighted by atomic mass is 127. The molecule has 0 heterocycles. The Morgan fingerprint density at radius 1 is 1.27 bits per heavy atom. The smallest absolute Gasteiger partial charge is 0.410 e. The molecule has 1 fully saturated rings. The lowest BCUT2D eigenvalue weighted by Crippen LogP contribution is -2.48. The Hall–Kier alpha value is -0.770. The second kappa shape index (κ2) is 11.8. The van der Waals surface area contributed by atoms with Crippen molar-refractivity contribution in [2.24, 2.45) is 10.4 Å². The molecule has 0 saturated heterocycles. The van der Waals surface area contributed by atoms with Crippen LogP contribution < -0.4 is 10.6 Å². The van der Waals surface area contributed by atoms with Crippen LogP contribution in [-0.4, -0.2) is 70.0 Å². The molecule has 154 valence electrons. The summed E-state index contributed by atoms with van der Waals surface area (Å²) >= 11 is 0. The molecule has 8 heteroatoms. The first-order valence-electron chi connectivity index (χ1n) is 9.09. The first kappa shape index (κ1) is 25.2. The fourth-order valence-corrected chi connectivity index (χ4v) is 2.78. The van der Waals surface area contributed by atoms with Crippen LogP contribution in [0.5, 0.6) is 0 Å². The molecule has 0 aromatic heterocycles. The number of carbonyl (C=O) groups excluding carboxylic acids is 1. The third-order valence-corrected chi connectivity index (χ3v) is 4.55. The summed E-state index contributed by atoms with van der Waals surface area (Å²) in [7, 11) is 5.25. The molecule has 0 aliphatic heterocycles. The van der Waals surface area contributed by atoms with Gasteiger partial charge in [-0.3, -0.25) is 4.99 Å². The van der Waals surface area contributed by atoms with E-state index in [9.17, 15) is 4.79 Å². The van der Waals surface area contributed by atoms with E-state index in [4.69, 9.17) is 9.47 Å². The van der Waals surface area contributed by atoms with Gasteiger partial charge in [0, 0.05) is 47.4 Å². The largest absolute Gasteiger partial charge is 0.444 e. The molecule has 2 N–H and O–H groups in total. The van der Waals surface area contributed by atoms with Crippen molar-refractivity contribution >= 4 is 36.0 Å². The number of halogens is 1. The lowest BCUT2D eigenvalue weighted by molar-refractivity contribution is 0.0302. The van der Waals surface area contributed by atoms with Crippen LogP contribution in [0.1, 0.15) is 46.5 Å². The van der Waals surface area contributed by atoms with E-state index in [1.54, 1.807) is 26.1 Å². The number of ether oxygens (including phenoxy) is 2. The Morgan fingerprint density at radius 3 is 2.38 bits per heavy atom. The van der Waals surface area contributed by atoms with Crippen molar-refractivity contribution in [2.75, 3.05) is 47.4 Å². The number of likely N-dealkylation sites (N-methyl/N-ethyl adjacent to an activating group) is 1. The molecule has 1 amide bonds. The van der Waals surface area contributed by atoms with Gasteiger partial charge in [-0.15, -0.1) is 24.0 Å². The molecule has 1 rings (SSSR count). The molecule has 7 nitrogen and oxygen atoms in total. The molecule has 0 radical (unpaired) electrons. The number of aliphatic imine (C=N–C) groups is 1. The van der Waals surface area contributed by atoms with E-state index in [0.29, 0.717) is 18.5 Å². The summed E-state index contributed by atoms with van der Waals surface area (Å²) in [6, 6.07) is 0. The van der Waals surface area contributed by atoms with E-state index in [1.165, 1.54) is 19.3 Å². The van der Waals surface area contributed by atoms with Gasteiger partial charge in [0.15, 0.2) is 5.96 Å². The molecule has 0 bridgehead atoms. The summed E-state index contributed by atoms with van der Waals surface area (Å²) in [5, 5.41) is 6.66. The van der Waals surface area contributed by atoms with Gasteiger partial charge in [-0.05, 0) is 45.4 Å². The molecule has 0 aromatic carbocycles. The second-order valence-electron chi connectivity index (χ2n) is 7.85. The average Bonchev–Trinajstić information content (AvgIpc) is 2.49. The van der Waals surface area contributed by atoms with Crippen LogP contribution in [0.25, 0.3) is 0 Å². The van der Waals surface area contributed by atoms with Crippen LogP contribution in [0.3, 0.4) is 0 Å². The highest BCUT2D eigenvalue weighted by molar-refractivity contribution is 14.0. The summed E-state index contributed by atoms with van der Waals surface area (Å²) in [6.45, 7) is 8.45. The molecule has 1 aliphatic carbocycles. The van der Waals surface area contributed by atoms with Crippen molar-refractivity contribution in [3.05, 3.63) is 0 Å². The highest BCUT2D eigenvalue weighted by Crippen LogP contribution is 2.43. The van der Waals surface area contributed by atoms with E-state index in [-0.39, 0.29) is 30.1 Å². The van der Waals surface area contributed by atoms with Gasteiger partial charge in [0.1, 0.15) is 5.60 Å². The number of carbonyl (C=O) groups is 1. The first-order chi connectivity index (χ1) is 11.7. The molecule has 1 aliphatic rings. The Bertz CT molecular complexity index is 448. The molecule has 0 spiro atoms. The number of amides is 1. The molecule has 1 saturated carbocycles. The predicted octanol–water partition coefficient (Wildman–Crippen LogP) is 2.84. The topological polar surface area (TPSA) is 75.2 Å². The van der Waals surface area contributed by atoms with Crippen LogP contribution in [0, 0.1) is 5.41 Å². The molecular formula is C18H37IN4O3. The summed E-state index contributed by atoms with van der Waals surface area (Å²) in [5.41, 5.74) is -0.142. The summed E-state index contributed by atoms with van der Waals surface area (Å²) in [6.07, 6.45) is 4.53. The van der Waals surface area contributed by atoms with E-state index >= 15 is 0 Å². The fraction of sp³-hybridized carbons (Fsp3) is 0.889. The van der Waals surface area contributed by atoms with Gasteiger partial charge in [-0.1, -0.05) is 6.42 Å². The molecule has 0 unspecified atom stereocenters. The number of guanidine groups is 1. The van der Waals surface area contributed by atoms with Gasteiger partial charge in [-0.2, -0.15) is 0 Å². The zero-order valence-electron chi connectivity index (χ0n) is 17.2. The predicted molar refractivity (Wildman–Crippen MR) is 116 cm³/mol. The van der Waals surface area contributed by atoms with Crippen LogP contribution in [0.2, 0.25) is 0 Å². The molecular weight excluding hydrogens is 447 g/mol. The van der Waals surface area contributed by atoms with Crippen molar-refractivity contribution in [3.8, 4) is 0 Å². The maximum absolute atomic E-state index is 11.9. The van der Waals surface area contributed by atoms with Gasteiger partial charge in [-0.25, -0.2) is 4.79 Å². The zero-order valence-corrected chi connectivity index (χ0v) is 19.5. The minimum atomic E-state index is -0.477. The van der Waals surface area contributed by atoms with Gasteiger partial charge in [0.05, 0.1) is 0 Å². The monoisotopic (exact) mass is 484 g/mol. The van der Waals surface area contributed by atoms with Crippen molar-refractivity contribution in [2.45, 2.75) is 52.1 Å². The van der Waals surface area contributed by atoms with E-state index in [2.05, 4.69) is 15.6 Å². The molecule has 0 atom stereocenters. The Kier molecular flexibility index (Phi) is 11.5. The number of hydrogen-bond acceptors (Lipinski definition) is 4. The maximum Gasteiger partial charge on any atom is 0.410 e. The van der Waals surface area contributed by atoms with Crippen LogP contribution in [-0.2, 0) is 9.47 Å². The van der Waals surface area contributed by atoms with E-state index in [0.717, 1.165) is 25.5 Å². The SMILES string of the molecule is CN=C(NCCN(C)C(=O)OC(C)(C)C)NCC1(CCOC)CCC1.I. The number of rotatable bonds is 8. The van der Waals surface area contributed by atoms with Gasteiger partial charge >= 0.3 is 6.09 Å². The summed E-state index contributed by atoms with van der Waals surface area (Å²) in [4.78, 5) is 17.8. The van der Waals surface area contributed by atoms with E-state index in [1.807, 2.05) is 20.8 Å². The maximum atomic E-state index is 11.9. The lowest BCUT2D eigenvalue weighted by Gasteiger charge is -2.42. The van der Waals surface area contributed by atoms with Crippen molar-refractivity contribution in [1.82, 2.24) is 15.5 Å². The minimum absolute atomic E-state index is 0. The Balaban J connectivity index is 0.00000625. The number of hydrogen-bond donors (Lipinski definition) is 2. The fourth-order valence-electron chi connectivity index (χ4n) is 2.78. The standard InChI is InChI=1S/C18H36N4O3.HI/c1-17(2,3)25-16(23)22(5)12-11-20-15(19-4)21-14-18(8-7-9-18)10-13-24-6;/h7-14H2,1-6H3,(H2,19,20,21);1H. The average molecular weight is 484 g/mol. The highest BCUT2D eigenvalue weighted by Gasteiger charge is 2.36. The third-order valence-electron chi connectivity index (χ3n) is 4.55. The summed E-state index contributed by atoms with van der Waals surface area (Å²) < 4.78 is 10.6. The zero-order chi connectivity index (χ0) is 18.9. The molecule has 0 aromatic rings. The van der Waals surface area contributed by atoms with Crippen molar-refractivity contribution in [3.63, 3.8) is 0 Å². The molecule has 26 heavy (non-hydrogen) atoms. The minimum Gasteiger partial charge on any atom is -0.444 e. The second-order valence-corrected chi connectivity index (χ2v) is 7.85. The normalized spacial score (nSPS) is 16.2. The quantitative estimate of drug-likeness (QED) is 0.315. The first-order valence-corrected chi connectivity index (χ1v) is 9.09.